The minimum absolute atomic E-state index is 0.138. The van der Waals surface area contributed by atoms with Gasteiger partial charge in [0.05, 0.1) is 17.1 Å². The van der Waals surface area contributed by atoms with Gasteiger partial charge < -0.3 is 0 Å². The molecule has 0 atom stereocenters. The van der Waals surface area contributed by atoms with E-state index in [1.807, 2.05) is 20.8 Å². The first-order valence-electron chi connectivity index (χ1n) is 10.6. The molecule has 2 aromatic heterocycles. The van der Waals surface area contributed by atoms with Gasteiger partial charge in [-0.05, 0) is 89.4 Å². The van der Waals surface area contributed by atoms with Crippen molar-refractivity contribution < 1.29 is 8.42 Å². The Bertz CT molecular complexity index is 1010. The van der Waals surface area contributed by atoms with Crippen LogP contribution in [0.4, 0.5) is 0 Å². The second-order valence-electron chi connectivity index (χ2n) is 9.53. The maximum atomic E-state index is 13.4. The van der Waals surface area contributed by atoms with Crippen molar-refractivity contribution in [1.29, 1.82) is 0 Å². The molecule has 4 bridgehead atoms. The minimum Gasteiger partial charge on any atom is -0.271 e. The van der Waals surface area contributed by atoms with Crippen LogP contribution < -0.4 is 0 Å². The van der Waals surface area contributed by atoms with Gasteiger partial charge in [-0.2, -0.15) is 22.7 Å². The summed E-state index contributed by atoms with van der Waals surface area (Å²) in [5, 5.41) is 8.91. The summed E-state index contributed by atoms with van der Waals surface area (Å²) in [6.07, 6.45) is 9.38. The molecular formula is C21H30N4O2S. The third-order valence-corrected chi connectivity index (χ3v) is 9.32. The largest absolute Gasteiger partial charge is 0.286 e. The summed E-state index contributed by atoms with van der Waals surface area (Å²) in [4.78, 5) is 0.261. The van der Waals surface area contributed by atoms with Crippen LogP contribution in [-0.4, -0.2) is 27.4 Å². The molecule has 0 unspecified atom stereocenters. The van der Waals surface area contributed by atoms with Crippen LogP contribution in [0.3, 0.4) is 0 Å². The Balaban J connectivity index is 1.62. The zero-order chi connectivity index (χ0) is 19.8. The number of nitrogens with zero attached hydrogens (tertiary/aromatic N) is 4. The van der Waals surface area contributed by atoms with E-state index in [1.54, 1.807) is 17.8 Å². The van der Waals surface area contributed by atoms with E-state index in [9.17, 15) is 8.42 Å². The van der Waals surface area contributed by atoms with E-state index in [0.29, 0.717) is 12.2 Å². The summed E-state index contributed by atoms with van der Waals surface area (Å²) in [5.74, 6) is 2.44. The lowest BCUT2D eigenvalue weighted by atomic mass is 9.48. The first kappa shape index (κ1) is 18.4. The molecular weight excluding hydrogens is 372 g/mol. The molecule has 0 saturated heterocycles. The van der Waals surface area contributed by atoms with Gasteiger partial charge in [-0.1, -0.05) is 0 Å². The van der Waals surface area contributed by atoms with Crippen molar-refractivity contribution in [2.75, 3.05) is 0 Å². The molecule has 2 heterocycles. The molecule has 6 nitrogen and oxygen atoms in total. The zero-order valence-electron chi connectivity index (χ0n) is 17.3. The molecule has 6 rings (SSSR count). The molecule has 7 heteroatoms. The highest BCUT2D eigenvalue weighted by molar-refractivity contribution is 7.90. The van der Waals surface area contributed by atoms with Crippen LogP contribution in [0.2, 0.25) is 0 Å². The molecule has 0 radical (unpaired) electrons. The Morgan fingerprint density at radius 1 is 1.00 bits per heavy atom. The average Bonchev–Trinajstić information content (AvgIpc) is 3.14. The van der Waals surface area contributed by atoms with Gasteiger partial charge in [-0.3, -0.25) is 4.68 Å². The molecule has 2 aromatic rings. The predicted octanol–water partition coefficient (Wildman–Crippen LogP) is 3.73. The van der Waals surface area contributed by atoms with Crippen LogP contribution in [-0.2, 0) is 22.0 Å². The Kier molecular flexibility index (Phi) is 3.90. The van der Waals surface area contributed by atoms with Crippen molar-refractivity contribution in [3.8, 4) is 0 Å². The van der Waals surface area contributed by atoms with Gasteiger partial charge in [0.1, 0.15) is 4.90 Å². The molecule has 28 heavy (non-hydrogen) atoms. The van der Waals surface area contributed by atoms with E-state index in [-0.39, 0.29) is 10.3 Å². The Morgan fingerprint density at radius 2 is 1.57 bits per heavy atom. The lowest BCUT2D eigenvalue weighted by Gasteiger charge is -2.57. The molecule has 4 saturated carbocycles. The molecule has 4 aliphatic rings. The number of aryl methyl sites for hydroxylation is 3. The number of aromatic nitrogens is 4. The highest BCUT2D eigenvalue weighted by Crippen LogP contribution is 2.61. The molecule has 0 spiro atoms. The van der Waals surface area contributed by atoms with Crippen LogP contribution in [0, 0.1) is 38.5 Å². The van der Waals surface area contributed by atoms with Crippen molar-refractivity contribution in [3.63, 3.8) is 0 Å². The first-order valence-corrected chi connectivity index (χ1v) is 12.0. The lowest BCUT2D eigenvalue weighted by Crippen LogP contribution is -2.49. The lowest BCUT2D eigenvalue weighted by molar-refractivity contribution is -0.00574. The minimum atomic E-state index is -3.74. The normalized spacial score (nSPS) is 31.6. The van der Waals surface area contributed by atoms with E-state index >= 15 is 0 Å². The fraction of sp³-hybridized carbons (Fsp3) is 0.714. The van der Waals surface area contributed by atoms with Gasteiger partial charge >= 0.3 is 0 Å². The summed E-state index contributed by atoms with van der Waals surface area (Å²) in [5.41, 5.74) is 3.59. The molecule has 0 aromatic carbocycles. The highest BCUT2D eigenvalue weighted by atomic mass is 32.2. The van der Waals surface area contributed by atoms with Crippen LogP contribution in [0.15, 0.2) is 11.1 Å². The average molecular weight is 403 g/mol. The zero-order valence-corrected chi connectivity index (χ0v) is 18.1. The van der Waals surface area contributed by atoms with E-state index in [4.69, 9.17) is 0 Å². The summed E-state index contributed by atoms with van der Waals surface area (Å²) in [7, 11) is -3.74. The summed E-state index contributed by atoms with van der Waals surface area (Å²) < 4.78 is 29.9. The van der Waals surface area contributed by atoms with E-state index in [1.165, 1.54) is 48.2 Å². The highest BCUT2D eigenvalue weighted by Gasteiger charge is 2.53. The van der Waals surface area contributed by atoms with Crippen LogP contribution in [0.1, 0.15) is 68.1 Å². The Morgan fingerprint density at radius 3 is 2.07 bits per heavy atom. The van der Waals surface area contributed by atoms with Crippen LogP contribution in [0.5, 0.6) is 0 Å². The van der Waals surface area contributed by atoms with Crippen molar-refractivity contribution >= 4 is 10.0 Å². The van der Waals surface area contributed by atoms with Crippen molar-refractivity contribution in [1.82, 2.24) is 19.0 Å². The number of hydrogen-bond donors (Lipinski definition) is 0. The molecule has 4 fully saturated rings. The number of hydrogen-bond acceptors (Lipinski definition) is 4. The number of rotatable bonds is 4. The van der Waals surface area contributed by atoms with Gasteiger partial charge in [-0.25, -0.2) is 0 Å². The predicted molar refractivity (Wildman–Crippen MR) is 107 cm³/mol. The van der Waals surface area contributed by atoms with E-state index in [0.717, 1.165) is 29.1 Å². The van der Waals surface area contributed by atoms with Crippen molar-refractivity contribution in [2.45, 2.75) is 83.1 Å². The van der Waals surface area contributed by atoms with E-state index in [2.05, 4.69) is 10.2 Å². The summed E-state index contributed by atoms with van der Waals surface area (Å²) in [6, 6.07) is 0. The van der Waals surface area contributed by atoms with Gasteiger partial charge in [0.25, 0.3) is 10.0 Å². The smallest absolute Gasteiger partial charge is 0.271 e. The molecule has 0 aliphatic heterocycles. The van der Waals surface area contributed by atoms with Gasteiger partial charge in [0, 0.05) is 18.3 Å². The van der Waals surface area contributed by atoms with Crippen LogP contribution in [0.25, 0.3) is 0 Å². The molecule has 0 amide bonds. The third kappa shape index (κ3) is 2.47. The van der Waals surface area contributed by atoms with Crippen LogP contribution >= 0.6 is 0 Å². The molecule has 4 aliphatic carbocycles. The standard InChI is InChI=1S/C21H30N4O2S/c1-5-24-12-19(13(2)22-24)28(26,27)25-15(4)20(14(3)23-25)21-9-16-6-17(10-21)8-18(7-16)11-21/h12,16-18H,5-11H2,1-4H3. The first-order chi connectivity index (χ1) is 13.2. The maximum absolute atomic E-state index is 13.4. The summed E-state index contributed by atoms with van der Waals surface area (Å²) >= 11 is 0. The Hall–Kier alpha value is -1.63. The molecule has 152 valence electrons. The Labute approximate surface area is 167 Å². The second kappa shape index (κ2) is 5.94. The molecule has 0 N–H and O–H groups in total. The second-order valence-corrected chi connectivity index (χ2v) is 11.3. The third-order valence-electron chi connectivity index (χ3n) is 7.55. The summed E-state index contributed by atoms with van der Waals surface area (Å²) in [6.45, 7) is 8.30. The van der Waals surface area contributed by atoms with Crippen molar-refractivity contribution in [3.05, 3.63) is 28.8 Å². The van der Waals surface area contributed by atoms with Gasteiger partial charge in [-0.15, -0.1) is 0 Å². The monoisotopic (exact) mass is 402 g/mol. The van der Waals surface area contributed by atoms with Gasteiger partial charge in [0.15, 0.2) is 0 Å². The van der Waals surface area contributed by atoms with E-state index < -0.39 is 10.0 Å². The van der Waals surface area contributed by atoms with Crippen molar-refractivity contribution in [2.24, 2.45) is 17.8 Å². The fourth-order valence-corrected chi connectivity index (χ4v) is 8.58. The van der Waals surface area contributed by atoms with Gasteiger partial charge in [0.2, 0.25) is 0 Å². The SMILES string of the molecule is CCn1cc(S(=O)(=O)n2nc(C)c(C34CC5CC(CC(C5)C3)C4)c2C)c(C)n1. The quantitative estimate of drug-likeness (QED) is 0.781. The fourth-order valence-electron chi connectivity index (χ4n) is 7.05. The topological polar surface area (TPSA) is 69.8 Å². The maximum Gasteiger partial charge on any atom is 0.286 e.